The third kappa shape index (κ3) is 7.60. The SMILES string of the molecule is CCCCc1c(C(C)c2ccc(C)c(F)c2F)[nH]c2ccc(Cl)cc12.C\C=C(F)/C=N/C(C)=C/CC. The molecule has 0 aliphatic rings. The van der Waals surface area contributed by atoms with Crippen molar-refractivity contribution in [2.24, 2.45) is 4.99 Å². The first kappa shape index (κ1) is 29.4. The van der Waals surface area contributed by atoms with Gasteiger partial charge in [0.25, 0.3) is 0 Å². The molecule has 0 aliphatic heterocycles. The molecule has 0 fully saturated rings. The zero-order valence-corrected chi connectivity index (χ0v) is 22.7. The second-order valence-corrected chi connectivity index (χ2v) is 9.25. The fourth-order valence-electron chi connectivity index (χ4n) is 3.97. The van der Waals surface area contributed by atoms with Crippen LogP contribution in [0.1, 0.15) is 82.2 Å². The lowest BCUT2D eigenvalue weighted by Gasteiger charge is -2.15. The van der Waals surface area contributed by atoms with E-state index in [1.54, 1.807) is 26.0 Å². The van der Waals surface area contributed by atoms with Gasteiger partial charge < -0.3 is 4.98 Å². The van der Waals surface area contributed by atoms with Crippen molar-refractivity contribution in [2.45, 2.75) is 73.1 Å². The predicted molar refractivity (Wildman–Crippen MR) is 148 cm³/mol. The van der Waals surface area contributed by atoms with Crippen LogP contribution in [-0.2, 0) is 6.42 Å². The van der Waals surface area contributed by atoms with Gasteiger partial charge in [-0.2, -0.15) is 0 Å². The largest absolute Gasteiger partial charge is 0.358 e. The molecule has 3 aromatic rings. The molecule has 1 atom stereocenters. The predicted octanol–water partition coefficient (Wildman–Crippen LogP) is 10.1. The molecule has 0 bridgehead atoms. The van der Waals surface area contributed by atoms with Crippen LogP contribution in [-0.4, -0.2) is 11.2 Å². The zero-order chi connectivity index (χ0) is 26.8. The van der Waals surface area contributed by atoms with E-state index < -0.39 is 11.6 Å². The van der Waals surface area contributed by atoms with Gasteiger partial charge >= 0.3 is 0 Å². The number of rotatable bonds is 8. The molecule has 194 valence electrons. The number of hydrogen-bond acceptors (Lipinski definition) is 1. The highest BCUT2D eigenvalue weighted by Gasteiger charge is 2.22. The van der Waals surface area contributed by atoms with E-state index in [-0.39, 0.29) is 11.7 Å². The molecule has 0 saturated carbocycles. The van der Waals surface area contributed by atoms with Gasteiger partial charge in [0.1, 0.15) is 5.83 Å². The molecule has 6 heteroatoms. The number of nitrogens with one attached hydrogen (secondary N) is 1. The highest BCUT2D eigenvalue weighted by molar-refractivity contribution is 6.31. The topological polar surface area (TPSA) is 28.1 Å². The van der Waals surface area contributed by atoms with Gasteiger partial charge in [-0.15, -0.1) is 0 Å². The Labute approximate surface area is 218 Å². The number of hydrogen-bond donors (Lipinski definition) is 1. The Morgan fingerprint density at radius 1 is 1.14 bits per heavy atom. The Bertz CT molecular complexity index is 1250. The Balaban J connectivity index is 0.000000352. The number of allylic oxidation sites excluding steroid dienone is 4. The third-order valence-corrected chi connectivity index (χ3v) is 6.29. The maximum Gasteiger partial charge on any atom is 0.162 e. The Morgan fingerprint density at radius 2 is 1.86 bits per heavy atom. The van der Waals surface area contributed by atoms with Crippen LogP contribution in [0.4, 0.5) is 13.2 Å². The monoisotopic (exact) mass is 516 g/mol. The van der Waals surface area contributed by atoms with Gasteiger partial charge in [-0.25, -0.2) is 13.2 Å². The Kier molecular flexibility index (Phi) is 11.5. The summed E-state index contributed by atoms with van der Waals surface area (Å²) >= 11 is 6.17. The number of aromatic nitrogens is 1. The zero-order valence-electron chi connectivity index (χ0n) is 22.0. The summed E-state index contributed by atoms with van der Waals surface area (Å²) < 4.78 is 40.9. The van der Waals surface area contributed by atoms with Crippen LogP contribution in [0.2, 0.25) is 5.02 Å². The van der Waals surface area contributed by atoms with E-state index in [1.165, 1.54) is 12.3 Å². The maximum atomic E-state index is 14.5. The van der Waals surface area contributed by atoms with E-state index in [2.05, 4.69) is 16.9 Å². The summed E-state index contributed by atoms with van der Waals surface area (Å²) in [6.07, 6.45) is 8.45. The molecule has 3 rings (SSSR count). The second kappa shape index (κ2) is 14.1. The fraction of sp³-hybridized carbons (Fsp3) is 0.367. The summed E-state index contributed by atoms with van der Waals surface area (Å²) in [6, 6.07) is 9.04. The van der Waals surface area contributed by atoms with Crippen molar-refractivity contribution in [3.63, 3.8) is 0 Å². The van der Waals surface area contributed by atoms with Crippen LogP contribution in [0, 0.1) is 18.6 Å². The summed E-state index contributed by atoms with van der Waals surface area (Å²) in [7, 11) is 0. The van der Waals surface area contributed by atoms with E-state index in [0.717, 1.165) is 53.5 Å². The van der Waals surface area contributed by atoms with Crippen molar-refractivity contribution in [3.05, 3.63) is 93.0 Å². The van der Waals surface area contributed by atoms with E-state index in [1.807, 2.05) is 45.0 Å². The van der Waals surface area contributed by atoms with Crippen LogP contribution in [0.5, 0.6) is 0 Å². The molecule has 0 amide bonds. The summed E-state index contributed by atoms with van der Waals surface area (Å²) in [6.45, 7) is 11.1. The molecule has 0 aliphatic carbocycles. The lowest BCUT2D eigenvalue weighted by molar-refractivity contribution is 0.490. The Hall–Kier alpha value is -2.79. The molecule has 1 aromatic heterocycles. The minimum Gasteiger partial charge on any atom is -0.358 e. The van der Waals surface area contributed by atoms with Crippen LogP contribution in [0.25, 0.3) is 10.9 Å². The molecule has 36 heavy (non-hydrogen) atoms. The molecular formula is C30H36ClF3N2. The van der Waals surface area contributed by atoms with Crippen molar-refractivity contribution in [2.75, 3.05) is 0 Å². The van der Waals surface area contributed by atoms with Gasteiger partial charge in [0.05, 0.1) is 6.21 Å². The van der Waals surface area contributed by atoms with Crippen molar-refractivity contribution >= 4 is 28.7 Å². The van der Waals surface area contributed by atoms with E-state index in [4.69, 9.17) is 11.6 Å². The first-order valence-corrected chi connectivity index (χ1v) is 12.8. The minimum atomic E-state index is -0.765. The molecule has 1 N–H and O–H groups in total. The number of unbranched alkanes of at least 4 members (excludes halogenated alkanes) is 1. The lowest BCUT2D eigenvalue weighted by Crippen LogP contribution is -2.05. The first-order valence-electron chi connectivity index (χ1n) is 12.4. The van der Waals surface area contributed by atoms with Gasteiger partial charge in [-0.3, -0.25) is 4.99 Å². The fourth-order valence-corrected chi connectivity index (χ4v) is 4.14. The number of fused-ring (bicyclic) bond motifs is 1. The van der Waals surface area contributed by atoms with Crippen molar-refractivity contribution in [1.82, 2.24) is 4.98 Å². The standard InChI is InChI=1S/C21H22ClF2N.C9H14FN/c1-4-5-6-16-17-11-14(22)8-10-18(17)25-21(16)13(3)15-9-7-12(2)19(23)20(15)24;1-4-6-8(3)11-7-9(10)5-2/h7-11,13,25H,4-6H2,1-3H3;5-7H,4H2,1-3H3/b;8-6+,9-5+,11-7+. The number of halogens is 4. The highest BCUT2D eigenvalue weighted by Crippen LogP contribution is 2.35. The molecule has 2 nitrogen and oxygen atoms in total. The van der Waals surface area contributed by atoms with E-state index in [9.17, 15) is 13.2 Å². The van der Waals surface area contributed by atoms with Crippen LogP contribution < -0.4 is 0 Å². The molecular weight excluding hydrogens is 481 g/mol. The van der Waals surface area contributed by atoms with Gasteiger partial charge in [-0.1, -0.05) is 63.1 Å². The summed E-state index contributed by atoms with van der Waals surface area (Å²) in [5.74, 6) is -2.09. The third-order valence-electron chi connectivity index (χ3n) is 6.05. The second-order valence-electron chi connectivity index (χ2n) is 8.82. The van der Waals surface area contributed by atoms with Crippen LogP contribution in [0.15, 0.2) is 59.0 Å². The van der Waals surface area contributed by atoms with Crippen LogP contribution >= 0.6 is 11.6 Å². The first-order chi connectivity index (χ1) is 17.1. The summed E-state index contributed by atoms with van der Waals surface area (Å²) in [5, 5.41) is 1.74. The van der Waals surface area contributed by atoms with Crippen molar-refractivity contribution < 1.29 is 13.2 Å². The smallest absolute Gasteiger partial charge is 0.162 e. The quantitative estimate of drug-likeness (QED) is 0.288. The minimum absolute atomic E-state index is 0.270. The maximum absolute atomic E-state index is 14.5. The number of aliphatic imine (C=N–C) groups is 1. The average Bonchev–Trinajstić information content (AvgIpc) is 3.22. The summed E-state index contributed by atoms with van der Waals surface area (Å²) in [5.41, 5.74) is 4.61. The number of benzene rings is 2. The normalized spacial score (nSPS) is 13.3. The van der Waals surface area contributed by atoms with E-state index >= 15 is 0 Å². The number of H-pyrrole nitrogens is 1. The Morgan fingerprint density at radius 3 is 2.50 bits per heavy atom. The average molecular weight is 517 g/mol. The van der Waals surface area contributed by atoms with Crippen LogP contribution in [0.3, 0.4) is 0 Å². The van der Waals surface area contributed by atoms with Crippen molar-refractivity contribution in [1.29, 1.82) is 0 Å². The van der Waals surface area contributed by atoms with Gasteiger partial charge in [0.15, 0.2) is 11.6 Å². The molecule has 1 heterocycles. The molecule has 2 aromatic carbocycles. The van der Waals surface area contributed by atoms with Crippen molar-refractivity contribution in [3.8, 4) is 0 Å². The highest BCUT2D eigenvalue weighted by atomic mass is 35.5. The van der Waals surface area contributed by atoms with Gasteiger partial charge in [-0.05, 0) is 74.9 Å². The van der Waals surface area contributed by atoms with Gasteiger partial charge in [0.2, 0.25) is 0 Å². The molecule has 0 saturated heterocycles. The molecule has 0 radical (unpaired) electrons. The number of aryl methyl sites for hydroxylation is 2. The van der Waals surface area contributed by atoms with Gasteiger partial charge in [0, 0.05) is 33.2 Å². The van der Waals surface area contributed by atoms with E-state index in [0.29, 0.717) is 16.1 Å². The number of aromatic amines is 1. The molecule has 0 spiro atoms. The summed E-state index contributed by atoms with van der Waals surface area (Å²) in [4.78, 5) is 7.29. The lowest BCUT2D eigenvalue weighted by atomic mass is 9.91. The number of nitrogens with zero attached hydrogens (tertiary/aromatic N) is 1. The molecule has 1 unspecified atom stereocenters.